The van der Waals surface area contributed by atoms with E-state index < -0.39 is 0 Å². The summed E-state index contributed by atoms with van der Waals surface area (Å²) in [6.07, 6.45) is 13.0. The molecule has 0 nitrogen and oxygen atoms in total. The zero-order chi connectivity index (χ0) is 8.36. The van der Waals surface area contributed by atoms with E-state index in [2.05, 4.69) is 24.7 Å². The molecule has 0 unspecified atom stereocenters. The number of allylic oxidation sites excluding steroid dienone is 2. The van der Waals surface area contributed by atoms with Crippen molar-refractivity contribution in [2.24, 2.45) is 0 Å². The first-order chi connectivity index (χ1) is 5.41. The Kier molecular flexibility index (Phi) is 7.94. The van der Waals surface area contributed by atoms with E-state index in [4.69, 9.17) is 6.42 Å². The van der Waals surface area contributed by atoms with Gasteiger partial charge in [0, 0.05) is 6.42 Å². The Morgan fingerprint density at radius 2 is 2.09 bits per heavy atom. The van der Waals surface area contributed by atoms with Crippen molar-refractivity contribution in [3.05, 3.63) is 12.2 Å². The van der Waals surface area contributed by atoms with Crippen LogP contribution in [0.15, 0.2) is 12.2 Å². The fourth-order valence-corrected chi connectivity index (χ4v) is 0.684. The van der Waals surface area contributed by atoms with Crippen LogP contribution in [0.25, 0.3) is 0 Å². The minimum Gasteiger partial charge on any atom is -0.115 e. The summed E-state index contributed by atoms with van der Waals surface area (Å²) >= 11 is 0. The Balaban J connectivity index is 3.27. The summed E-state index contributed by atoms with van der Waals surface area (Å²) in [6, 6.07) is 0. The predicted octanol–water partition coefficient (Wildman–Crippen LogP) is 2.76. The molecule has 0 saturated carbocycles. The molecule has 0 aliphatic rings. The highest BCUT2D eigenvalue weighted by Crippen LogP contribution is 1.96. The number of hydrogen-bond acceptors (Lipinski definition) is 0. The van der Waals surface area contributed by atoms with E-state index in [0.717, 1.165) is 6.42 Å². The highest BCUT2D eigenvalue weighted by molar-refractivity contribution is 5.22. The monoisotopic (exact) mass is 146 g/mol. The van der Waals surface area contributed by atoms with Gasteiger partial charge in [0.25, 0.3) is 0 Å². The molecule has 0 aromatic heterocycles. The van der Waals surface area contributed by atoms with Crippen LogP contribution in [0.2, 0.25) is 0 Å². The van der Waals surface area contributed by atoms with Gasteiger partial charge in [-0.15, -0.1) is 6.42 Å². The number of hydrogen-bond donors (Lipinski definition) is 0. The number of terminal acetylenes is 1. The summed E-state index contributed by atoms with van der Waals surface area (Å²) in [5, 5.41) is 0. The summed E-state index contributed by atoms with van der Waals surface area (Å²) in [4.78, 5) is 0. The molecule has 0 aliphatic heterocycles. The van der Waals surface area contributed by atoms with Crippen molar-refractivity contribution in [1.82, 2.24) is 0 Å². The molecule has 0 fully saturated rings. The summed E-state index contributed by atoms with van der Waals surface area (Å²) in [5.74, 6) is 8.28. The number of unbranched alkanes of at least 4 members (excludes halogenated alkanes) is 3. The second kappa shape index (κ2) is 8.86. The van der Waals surface area contributed by atoms with Crippen molar-refractivity contribution in [3.63, 3.8) is 0 Å². The third-order valence-corrected chi connectivity index (χ3v) is 1.27. The summed E-state index contributed by atoms with van der Waals surface area (Å²) in [7, 11) is 0. The first-order valence-electron chi connectivity index (χ1n) is 4.01. The second-order valence-corrected chi connectivity index (χ2v) is 2.28. The Hall–Kier alpha value is -1.14. The fourth-order valence-electron chi connectivity index (χ4n) is 0.684. The van der Waals surface area contributed by atoms with E-state index in [9.17, 15) is 0 Å². The van der Waals surface area contributed by atoms with Gasteiger partial charge in [0.15, 0.2) is 0 Å². The van der Waals surface area contributed by atoms with Gasteiger partial charge in [-0.05, 0) is 18.6 Å². The van der Waals surface area contributed by atoms with Gasteiger partial charge in [-0.3, -0.25) is 0 Å². The molecule has 0 rings (SSSR count). The third kappa shape index (κ3) is 8.86. The maximum atomic E-state index is 4.99. The van der Waals surface area contributed by atoms with E-state index in [1.165, 1.54) is 19.3 Å². The molecule has 0 bridgehead atoms. The van der Waals surface area contributed by atoms with Gasteiger partial charge in [0.2, 0.25) is 0 Å². The molecule has 0 aromatic carbocycles. The molecule has 0 spiro atoms. The minimum atomic E-state index is 0.989. The number of rotatable bonds is 3. The summed E-state index contributed by atoms with van der Waals surface area (Å²) in [5.41, 5.74) is 0. The zero-order valence-corrected chi connectivity index (χ0v) is 7.06. The molecule has 0 amide bonds. The van der Waals surface area contributed by atoms with Crippen molar-refractivity contribution in [2.75, 3.05) is 0 Å². The highest BCUT2D eigenvalue weighted by atomic mass is 13.8. The van der Waals surface area contributed by atoms with Crippen molar-refractivity contribution in [1.29, 1.82) is 0 Å². The van der Waals surface area contributed by atoms with Crippen LogP contribution in [0.5, 0.6) is 0 Å². The van der Waals surface area contributed by atoms with E-state index in [1.54, 1.807) is 12.2 Å². The van der Waals surface area contributed by atoms with Gasteiger partial charge in [-0.2, -0.15) is 0 Å². The molecule has 0 aliphatic carbocycles. The zero-order valence-electron chi connectivity index (χ0n) is 7.06. The van der Waals surface area contributed by atoms with Crippen molar-refractivity contribution >= 4 is 0 Å². The first-order valence-corrected chi connectivity index (χ1v) is 4.01. The average molecular weight is 146 g/mol. The molecule has 0 heterocycles. The van der Waals surface area contributed by atoms with Crippen LogP contribution in [-0.4, -0.2) is 0 Å². The van der Waals surface area contributed by atoms with Gasteiger partial charge in [-0.1, -0.05) is 37.5 Å². The van der Waals surface area contributed by atoms with Crippen LogP contribution in [0.4, 0.5) is 0 Å². The van der Waals surface area contributed by atoms with Crippen LogP contribution in [0.1, 0.15) is 32.6 Å². The average Bonchev–Trinajstić information content (AvgIpc) is 2.03. The molecule has 0 radical (unpaired) electrons. The molecular formula is C11H14. The van der Waals surface area contributed by atoms with Crippen LogP contribution >= 0.6 is 0 Å². The van der Waals surface area contributed by atoms with Crippen LogP contribution in [0.3, 0.4) is 0 Å². The summed E-state index contributed by atoms with van der Waals surface area (Å²) in [6.45, 7) is 2.19. The van der Waals surface area contributed by atoms with E-state index in [-0.39, 0.29) is 0 Å². The normalized spacial score (nSPS) is 8.73. The van der Waals surface area contributed by atoms with Crippen molar-refractivity contribution in [2.45, 2.75) is 32.6 Å². The van der Waals surface area contributed by atoms with Crippen molar-refractivity contribution < 1.29 is 0 Å². The Labute approximate surface area is 69.7 Å². The van der Waals surface area contributed by atoms with Gasteiger partial charge in [-0.25, -0.2) is 0 Å². The maximum absolute atomic E-state index is 4.99. The molecule has 58 valence electrons. The van der Waals surface area contributed by atoms with Gasteiger partial charge >= 0.3 is 0 Å². The van der Waals surface area contributed by atoms with Crippen LogP contribution in [0, 0.1) is 24.2 Å². The lowest BCUT2D eigenvalue weighted by Gasteiger charge is -1.86. The largest absolute Gasteiger partial charge is 0.115 e. The van der Waals surface area contributed by atoms with E-state index in [0.29, 0.717) is 0 Å². The Bertz CT molecular complexity index is 192. The van der Waals surface area contributed by atoms with E-state index in [1.807, 2.05) is 0 Å². The van der Waals surface area contributed by atoms with Gasteiger partial charge in [0.1, 0.15) is 0 Å². The predicted molar refractivity (Wildman–Crippen MR) is 49.9 cm³/mol. The lowest BCUT2D eigenvalue weighted by Crippen LogP contribution is -1.69. The molecule has 0 atom stereocenters. The molecule has 0 saturated heterocycles. The molecule has 0 N–H and O–H groups in total. The maximum Gasteiger partial charge on any atom is 0.00922 e. The summed E-state index contributed by atoms with van der Waals surface area (Å²) < 4.78 is 0. The molecule has 11 heavy (non-hydrogen) atoms. The molecular weight excluding hydrogens is 132 g/mol. The third-order valence-electron chi connectivity index (χ3n) is 1.27. The topological polar surface area (TPSA) is 0 Å². The smallest absolute Gasteiger partial charge is 0.00922 e. The van der Waals surface area contributed by atoms with E-state index >= 15 is 0 Å². The Morgan fingerprint density at radius 3 is 2.73 bits per heavy atom. The quantitative estimate of drug-likeness (QED) is 0.424. The van der Waals surface area contributed by atoms with Crippen molar-refractivity contribution in [3.8, 4) is 24.2 Å². The Morgan fingerprint density at radius 1 is 1.27 bits per heavy atom. The fraction of sp³-hybridized carbons (Fsp3) is 0.455. The lowest BCUT2D eigenvalue weighted by atomic mass is 10.2. The van der Waals surface area contributed by atoms with Gasteiger partial charge in [0.05, 0.1) is 0 Å². The second-order valence-electron chi connectivity index (χ2n) is 2.28. The SMILES string of the molecule is C#C/C=C\C#CCCCCC. The van der Waals surface area contributed by atoms with Gasteiger partial charge < -0.3 is 0 Å². The van der Waals surface area contributed by atoms with Crippen LogP contribution in [-0.2, 0) is 0 Å². The van der Waals surface area contributed by atoms with Crippen LogP contribution < -0.4 is 0 Å². The molecule has 0 aromatic rings. The standard InChI is InChI=1S/C11H14/c1-3-5-7-9-11-10-8-6-4-2/h1,5,7H,4,6,8,10H2,2H3/b7-5-. The minimum absolute atomic E-state index is 0.989. The lowest BCUT2D eigenvalue weighted by molar-refractivity contribution is 0.737. The highest BCUT2D eigenvalue weighted by Gasteiger charge is 1.78. The molecule has 0 heteroatoms. The first kappa shape index (κ1) is 9.86.